The molecule has 5 nitrogen and oxygen atoms in total. The van der Waals surface area contributed by atoms with E-state index in [0.717, 1.165) is 22.0 Å². The van der Waals surface area contributed by atoms with Crippen LogP contribution < -0.4 is 5.32 Å². The number of pyridine rings is 1. The van der Waals surface area contributed by atoms with Crippen LogP contribution >= 0.6 is 0 Å². The van der Waals surface area contributed by atoms with Crippen molar-refractivity contribution in [3.05, 3.63) is 84.6 Å². The number of amides is 1. The first-order valence-electron chi connectivity index (χ1n) is 8.25. The lowest BCUT2D eigenvalue weighted by molar-refractivity contribution is 0.102. The Morgan fingerprint density at radius 2 is 1.69 bits per heavy atom. The van der Waals surface area contributed by atoms with Gasteiger partial charge < -0.3 is 5.32 Å². The molecule has 2 aromatic heterocycles. The molecule has 0 radical (unpaired) electrons. The zero-order chi connectivity index (χ0) is 17.9. The first-order valence-corrected chi connectivity index (χ1v) is 8.25. The topological polar surface area (TPSA) is 67.8 Å². The molecule has 26 heavy (non-hydrogen) atoms. The molecule has 0 unspecified atom stereocenters. The average molecular weight is 340 g/mol. The number of nitrogens with one attached hydrogen (secondary N) is 1. The highest BCUT2D eigenvalue weighted by Crippen LogP contribution is 2.24. The molecule has 0 saturated heterocycles. The van der Waals surface area contributed by atoms with Crippen LogP contribution in [0.2, 0.25) is 0 Å². The molecule has 2 heterocycles. The lowest BCUT2D eigenvalue weighted by atomic mass is 10.1. The quantitative estimate of drug-likeness (QED) is 0.605. The smallest absolute Gasteiger partial charge is 0.276 e. The number of carbonyl (C=O) groups excluding carboxylic acids is 1. The molecule has 4 rings (SSSR count). The predicted molar refractivity (Wildman–Crippen MR) is 102 cm³/mol. The molecule has 1 amide bonds. The van der Waals surface area contributed by atoms with Crippen molar-refractivity contribution in [3.8, 4) is 11.1 Å². The maximum atomic E-state index is 12.4. The Kier molecular flexibility index (Phi) is 4.11. The van der Waals surface area contributed by atoms with Crippen LogP contribution in [0, 0.1) is 6.92 Å². The zero-order valence-electron chi connectivity index (χ0n) is 14.2. The highest BCUT2D eigenvalue weighted by molar-refractivity contribution is 6.04. The number of nitrogens with zero attached hydrogens (tertiary/aromatic N) is 3. The third-order valence-corrected chi connectivity index (χ3v) is 4.15. The van der Waals surface area contributed by atoms with Crippen molar-refractivity contribution in [2.45, 2.75) is 6.92 Å². The SMILES string of the molecule is Cc1nccnc1C(=O)Nc1ccc2cc(-c3ccccc3)cnc2c1. The van der Waals surface area contributed by atoms with E-state index >= 15 is 0 Å². The molecule has 2 aromatic carbocycles. The van der Waals surface area contributed by atoms with Gasteiger partial charge in [0, 0.05) is 35.2 Å². The number of fused-ring (bicyclic) bond motifs is 1. The molecule has 0 aliphatic rings. The fourth-order valence-electron chi connectivity index (χ4n) is 2.81. The lowest BCUT2D eigenvalue weighted by Crippen LogP contribution is -2.15. The number of rotatable bonds is 3. The van der Waals surface area contributed by atoms with E-state index in [0.29, 0.717) is 17.1 Å². The normalized spacial score (nSPS) is 10.7. The Bertz CT molecular complexity index is 1090. The Balaban J connectivity index is 1.62. The molecule has 126 valence electrons. The summed E-state index contributed by atoms with van der Waals surface area (Å²) >= 11 is 0. The van der Waals surface area contributed by atoms with Gasteiger partial charge in [-0.15, -0.1) is 0 Å². The number of hydrogen-bond acceptors (Lipinski definition) is 4. The number of benzene rings is 2. The summed E-state index contributed by atoms with van der Waals surface area (Å²) in [5, 5.41) is 3.87. The van der Waals surface area contributed by atoms with E-state index in [9.17, 15) is 4.79 Å². The van der Waals surface area contributed by atoms with Crippen molar-refractivity contribution >= 4 is 22.5 Å². The number of aryl methyl sites for hydroxylation is 1. The standard InChI is InChI=1S/C21H16N4O/c1-14-20(23-10-9-22-14)21(26)25-18-8-7-16-11-17(13-24-19(16)12-18)15-5-3-2-4-6-15/h2-13H,1H3,(H,25,26). The van der Waals surface area contributed by atoms with Crippen molar-refractivity contribution in [1.82, 2.24) is 15.0 Å². The van der Waals surface area contributed by atoms with Crippen LogP contribution in [0.4, 0.5) is 5.69 Å². The molecule has 5 heteroatoms. The van der Waals surface area contributed by atoms with E-state index in [1.165, 1.54) is 6.20 Å². The van der Waals surface area contributed by atoms with Gasteiger partial charge in [-0.1, -0.05) is 36.4 Å². The maximum Gasteiger partial charge on any atom is 0.276 e. The Hall–Kier alpha value is -3.60. The van der Waals surface area contributed by atoms with Crippen LogP contribution in [0.5, 0.6) is 0 Å². The van der Waals surface area contributed by atoms with Gasteiger partial charge in [-0.2, -0.15) is 0 Å². The Morgan fingerprint density at radius 1 is 0.885 bits per heavy atom. The van der Waals surface area contributed by atoms with Crippen molar-refractivity contribution in [2.75, 3.05) is 5.32 Å². The van der Waals surface area contributed by atoms with Gasteiger partial charge in [0.05, 0.1) is 11.2 Å². The second-order valence-corrected chi connectivity index (χ2v) is 5.94. The Morgan fingerprint density at radius 3 is 2.50 bits per heavy atom. The Labute approximate surface area is 150 Å². The van der Waals surface area contributed by atoms with E-state index in [-0.39, 0.29) is 5.91 Å². The van der Waals surface area contributed by atoms with Gasteiger partial charge in [0.2, 0.25) is 0 Å². The summed E-state index contributed by atoms with van der Waals surface area (Å²) < 4.78 is 0. The second kappa shape index (κ2) is 6.72. The van der Waals surface area contributed by atoms with Crippen molar-refractivity contribution in [3.63, 3.8) is 0 Å². The lowest BCUT2D eigenvalue weighted by Gasteiger charge is -2.08. The molecular formula is C21H16N4O. The maximum absolute atomic E-state index is 12.4. The fourth-order valence-corrected chi connectivity index (χ4v) is 2.81. The average Bonchev–Trinajstić information content (AvgIpc) is 2.68. The molecule has 4 aromatic rings. The number of carbonyl (C=O) groups is 1. The van der Waals surface area contributed by atoms with E-state index in [2.05, 4.69) is 38.5 Å². The third kappa shape index (κ3) is 3.15. The van der Waals surface area contributed by atoms with Crippen molar-refractivity contribution in [2.24, 2.45) is 0 Å². The van der Waals surface area contributed by atoms with Gasteiger partial charge >= 0.3 is 0 Å². The third-order valence-electron chi connectivity index (χ3n) is 4.15. The second-order valence-electron chi connectivity index (χ2n) is 5.94. The summed E-state index contributed by atoms with van der Waals surface area (Å²) in [6, 6.07) is 17.9. The first-order chi connectivity index (χ1) is 12.7. The van der Waals surface area contributed by atoms with Crippen LogP contribution in [0.15, 0.2) is 73.2 Å². The summed E-state index contributed by atoms with van der Waals surface area (Å²) in [7, 11) is 0. The van der Waals surface area contributed by atoms with Crippen LogP contribution in [-0.2, 0) is 0 Å². The predicted octanol–water partition coefficient (Wildman–Crippen LogP) is 4.25. The largest absolute Gasteiger partial charge is 0.321 e. The van der Waals surface area contributed by atoms with Gasteiger partial charge in [0.25, 0.3) is 5.91 Å². The van der Waals surface area contributed by atoms with Crippen molar-refractivity contribution < 1.29 is 4.79 Å². The highest BCUT2D eigenvalue weighted by Gasteiger charge is 2.12. The van der Waals surface area contributed by atoms with Gasteiger partial charge in [0.1, 0.15) is 5.69 Å². The molecule has 0 saturated carbocycles. The molecule has 0 aliphatic carbocycles. The van der Waals surface area contributed by atoms with Gasteiger partial charge in [-0.25, -0.2) is 4.98 Å². The minimum Gasteiger partial charge on any atom is -0.321 e. The number of hydrogen-bond donors (Lipinski definition) is 1. The summed E-state index contributed by atoms with van der Waals surface area (Å²) in [5.41, 5.74) is 4.59. The molecular weight excluding hydrogens is 324 g/mol. The van der Waals surface area contributed by atoms with Gasteiger partial charge in [-0.05, 0) is 30.7 Å². The van der Waals surface area contributed by atoms with Gasteiger partial charge in [0.15, 0.2) is 0 Å². The van der Waals surface area contributed by atoms with Gasteiger partial charge in [-0.3, -0.25) is 14.8 Å². The summed E-state index contributed by atoms with van der Waals surface area (Å²) in [6.45, 7) is 1.76. The zero-order valence-corrected chi connectivity index (χ0v) is 14.2. The van der Waals surface area contributed by atoms with Crippen LogP contribution in [0.25, 0.3) is 22.0 Å². The summed E-state index contributed by atoms with van der Waals surface area (Å²) in [5.74, 6) is -0.282. The molecule has 0 atom stereocenters. The van der Waals surface area contributed by atoms with Crippen LogP contribution in [0.3, 0.4) is 0 Å². The minimum atomic E-state index is -0.282. The fraction of sp³-hybridized carbons (Fsp3) is 0.0476. The molecule has 0 aliphatic heterocycles. The monoisotopic (exact) mass is 340 g/mol. The van der Waals surface area contributed by atoms with E-state index in [1.54, 1.807) is 13.1 Å². The molecule has 0 spiro atoms. The van der Waals surface area contributed by atoms with E-state index < -0.39 is 0 Å². The number of anilines is 1. The highest BCUT2D eigenvalue weighted by atomic mass is 16.1. The van der Waals surface area contributed by atoms with E-state index in [1.807, 2.05) is 42.6 Å². The minimum absolute atomic E-state index is 0.282. The molecule has 0 bridgehead atoms. The molecule has 1 N–H and O–H groups in total. The van der Waals surface area contributed by atoms with Crippen molar-refractivity contribution in [1.29, 1.82) is 0 Å². The van der Waals surface area contributed by atoms with Crippen LogP contribution in [0.1, 0.15) is 16.2 Å². The summed E-state index contributed by atoms with van der Waals surface area (Å²) in [4.78, 5) is 25.1. The van der Waals surface area contributed by atoms with E-state index in [4.69, 9.17) is 0 Å². The number of aromatic nitrogens is 3. The summed E-state index contributed by atoms with van der Waals surface area (Å²) in [6.07, 6.45) is 4.92. The molecule has 0 fully saturated rings. The van der Waals surface area contributed by atoms with Crippen LogP contribution in [-0.4, -0.2) is 20.9 Å². The first kappa shape index (κ1) is 15.9.